The molecule has 1 aromatic rings. The second kappa shape index (κ2) is 8.31. The van der Waals surface area contributed by atoms with Gasteiger partial charge < -0.3 is 20.1 Å². The molecule has 112 valence electrons. The maximum atomic E-state index is 11.8. The van der Waals surface area contributed by atoms with Crippen molar-refractivity contribution >= 4 is 11.9 Å². The summed E-state index contributed by atoms with van der Waals surface area (Å²) >= 11 is 0. The molecular formula is C13H22N4O3. The Morgan fingerprint density at radius 2 is 2.15 bits per heavy atom. The number of hydrogen-bond donors (Lipinski definition) is 2. The van der Waals surface area contributed by atoms with E-state index in [-0.39, 0.29) is 12.0 Å². The van der Waals surface area contributed by atoms with Crippen LogP contribution in [0.4, 0.5) is 5.95 Å². The number of aromatic nitrogens is 2. The minimum Gasteiger partial charge on any atom is -0.475 e. The van der Waals surface area contributed by atoms with Gasteiger partial charge in [-0.2, -0.15) is 4.98 Å². The quantitative estimate of drug-likeness (QED) is 0.687. The number of methoxy groups -OCH3 is 1. The number of nitrogens with zero attached hydrogens (tertiary/aromatic N) is 2. The molecule has 0 saturated heterocycles. The average molecular weight is 282 g/mol. The molecule has 0 saturated carbocycles. The van der Waals surface area contributed by atoms with Crippen molar-refractivity contribution in [1.82, 2.24) is 15.3 Å². The van der Waals surface area contributed by atoms with Crippen LogP contribution < -0.4 is 15.4 Å². The van der Waals surface area contributed by atoms with Crippen LogP contribution in [-0.4, -0.2) is 48.3 Å². The van der Waals surface area contributed by atoms with Crippen LogP contribution >= 0.6 is 0 Å². The standard InChI is InChI=1S/C13H22N4O3/c1-9(2)20-11-5-6-15-13(17-11)16-10(3)12(18)14-7-8-19-4/h5-6,9-10H,7-8H2,1-4H3,(H,14,18)(H,15,16,17). The monoisotopic (exact) mass is 282 g/mol. The molecule has 0 aliphatic heterocycles. The van der Waals surface area contributed by atoms with Gasteiger partial charge in [-0.25, -0.2) is 4.98 Å². The van der Waals surface area contributed by atoms with Crippen molar-refractivity contribution in [1.29, 1.82) is 0 Å². The van der Waals surface area contributed by atoms with E-state index in [1.54, 1.807) is 26.3 Å². The van der Waals surface area contributed by atoms with Crippen LogP contribution in [0, 0.1) is 0 Å². The van der Waals surface area contributed by atoms with Crippen LogP contribution in [0.25, 0.3) is 0 Å². The van der Waals surface area contributed by atoms with Gasteiger partial charge in [0.15, 0.2) is 0 Å². The molecule has 0 fully saturated rings. The largest absolute Gasteiger partial charge is 0.475 e. The van der Waals surface area contributed by atoms with Crippen molar-refractivity contribution in [3.05, 3.63) is 12.3 Å². The molecule has 0 bridgehead atoms. The summed E-state index contributed by atoms with van der Waals surface area (Å²) < 4.78 is 10.3. The number of amides is 1. The summed E-state index contributed by atoms with van der Waals surface area (Å²) in [7, 11) is 1.59. The molecule has 1 heterocycles. The highest BCUT2D eigenvalue weighted by Crippen LogP contribution is 2.10. The van der Waals surface area contributed by atoms with E-state index < -0.39 is 6.04 Å². The van der Waals surface area contributed by atoms with Gasteiger partial charge in [0.05, 0.1) is 12.7 Å². The summed E-state index contributed by atoms with van der Waals surface area (Å²) in [5, 5.41) is 5.66. The van der Waals surface area contributed by atoms with E-state index in [1.807, 2.05) is 13.8 Å². The summed E-state index contributed by atoms with van der Waals surface area (Å²) in [5.41, 5.74) is 0. The second-order valence-electron chi connectivity index (χ2n) is 4.53. The van der Waals surface area contributed by atoms with Gasteiger partial charge in [-0.3, -0.25) is 4.79 Å². The third-order valence-electron chi connectivity index (χ3n) is 2.33. The first kappa shape index (κ1) is 16.2. The van der Waals surface area contributed by atoms with E-state index in [2.05, 4.69) is 20.6 Å². The maximum absolute atomic E-state index is 11.8. The van der Waals surface area contributed by atoms with Crippen LogP contribution in [-0.2, 0) is 9.53 Å². The minimum atomic E-state index is -0.443. The third-order valence-corrected chi connectivity index (χ3v) is 2.33. The summed E-state index contributed by atoms with van der Waals surface area (Å²) in [6, 6.07) is 1.23. The molecule has 1 aromatic heterocycles. The zero-order chi connectivity index (χ0) is 15.0. The predicted octanol–water partition coefficient (Wildman–Crippen LogP) is 0.827. The van der Waals surface area contributed by atoms with Gasteiger partial charge in [-0.15, -0.1) is 0 Å². The van der Waals surface area contributed by atoms with Crippen LogP contribution in [0.15, 0.2) is 12.3 Å². The fraction of sp³-hybridized carbons (Fsp3) is 0.615. The molecule has 1 amide bonds. The van der Waals surface area contributed by atoms with E-state index in [0.717, 1.165) is 0 Å². The Morgan fingerprint density at radius 1 is 1.40 bits per heavy atom. The lowest BCUT2D eigenvalue weighted by atomic mass is 10.3. The van der Waals surface area contributed by atoms with E-state index in [9.17, 15) is 4.79 Å². The number of carbonyl (C=O) groups is 1. The van der Waals surface area contributed by atoms with Crippen molar-refractivity contribution < 1.29 is 14.3 Å². The van der Waals surface area contributed by atoms with Gasteiger partial charge in [0.2, 0.25) is 17.7 Å². The Labute approximate surface area is 119 Å². The number of anilines is 1. The summed E-state index contributed by atoms with van der Waals surface area (Å²) in [6.45, 7) is 6.52. The van der Waals surface area contributed by atoms with Crippen molar-refractivity contribution in [2.45, 2.75) is 32.9 Å². The van der Waals surface area contributed by atoms with E-state index in [1.165, 1.54) is 0 Å². The van der Waals surface area contributed by atoms with Crippen LogP contribution in [0.1, 0.15) is 20.8 Å². The van der Waals surface area contributed by atoms with Gasteiger partial charge in [-0.05, 0) is 20.8 Å². The van der Waals surface area contributed by atoms with Gasteiger partial charge >= 0.3 is 0 Å². The Kier molecular flexibility index (Phi) is 6.72. The highest BCUT2D eigenvalue weighted by atomic mass is 16.5. The van der Waals surface area contributed by atoms with Gasteiger partial charge in [0, 0.05) is 25.9 Å². The number of nitrogens with one attached hydrogen (secondary N) is 2. The van der Waals surface area contributed by atoms with E-state index >= 15 is 0 Å². The molecule has 0 radical (unpaired) electrons. The first-order valence-electron chi connectivity index (χ1n) is 6.55. The number of ether oxygens (including phenoxy) is 2. The highest BCUT2D eigenvalue weighted by Gasteiger charge is 2.13. The molecule has 0 aliphatic rings. The Balaban J connectivity index is 2.52. The second-order valence-corrected chi connectivity index (χ2v) is 4.53. The van der Waals surface area contributed by atoms with Crippen molar-refractivity contribution in [2.24, 2.45) is 0 Å². The number of hydrogen-bond acceptors (Lipinski definition) is 6. The normalized spacial score (nSPS) is 12.1. The molecule has 1 unspecified atom stereocenters. The molecule has 1 atom stereocenters. The van der Waals surface area contributed by atoms with Crippen molar-refractivity contribution in [2.75, 3.05) is 25.6 Å². The van der Waals surface area contributed by atoms with E-state index in [4.69, 9.17) is 9.47 Å². The lowest BCUT2D eigenvalue weighted by Crippen LogP contribution is -2.39. The molecule has 7 heteroatoms. The highest BCUT2D eigenvalue weighted by molar-refractivity contribution is 5.83. The average Bonchev–Trinajstić information content (AvgIpc) is 2.38. The lowest BCUT2D eigenvalue weighted by molar-refractivity contribution is -0.121. The molecule has 2 N–H and O–H groups in total. The molecule has 0 aromatic carbocycles. The molecular weight excluding hydrogens is 260 g/mol. The SMILES string of the molecule is COCCNC(=O)C(C)Nc1nccc(OC(C)C)n1. The van der Waals surface area contributed by atoms with Crippen molar-refractivity contribution in [3.8, 4) is 5.88 Å². The maximum Gasteiger partial charge on any atom is 0.242 e. The number of carbonyl (C=O) groups excluding carboxylic acids is 1. The van der Waals surface area contributed by atoms with Gasteiger partial charge in [0.25, 0.3) is 0 Å². The lowest BCUT2D eigenvalue weighted by Gasteiger charge is -2.14. The molecule has 1 rings (SSSR count). The molecule has 0 spiro atoms. The molecule has 0 aliphatic carbocycles. The summed E-state index contributed by atoms with van der Waals surface area (Å²) in [4.78, 5) is 20.0. The topological polar surface area (TPSA) is 85.4 Å². The van der Waals surface area contributed by atoms with Crippen molar-refractivity contribution in [3.63, 3.8) is 0 Å². The first-order chi connectivity index (χ1) is 9.52. The van der Waals surface area contributed by atoms with Gasteiger partial charge in [-0.1, -0.05) is 0 Å². The third kappa shape index (κ3) is 5.83. The Morgan fingerprint density at radius 3 is 2.80 bits per heavy atom. The summed E-state index contributed by atoms with van der Waals surface area (Å²) in [5.74, 6) is 0.697. The zero-order valence-corrected chi connectivity index (χ0v) is 12.3. The zero-order valence-electron chi connectivity index (χ0n) is 12.3. The first-order valence-corrected chi connectivity index (χ1v) is 6.55. The molecule has 20 heavy (non-hydrogen) atoms. The Hall–Kier alpha value is -1.89. The Bertz CT molecular complexity index is 426. The fourth-order valence-electron chi connectivity index (χ4n) is 1.41. The molecule has 7 nitrogen and oxygen atoms in total. The minimum absolute atomic E-state index is 0.0347. The number of rotatable bonds is 8. The summed E-state index contributed by atoms with van der Waals surface area (Å²) in [6.07, 6.45) is 1.62. The van der Waals surface area contributed by atoms with Crippen LogP contribution in [0.3, 0.4) is 0 Å². The van der Waals surface area contributed by atoms with Crippen LogP contribution in [0.5, 0.6) is 5.88 Å². The predicted molar refractivity (Wildman–Crippen MR) is 75.8 cm³/mol. The fourth-order valence-corrected chi connectivity index (χ4v) is 1.41. The van der Waals surface area contributed by atoms with E-state index in [0.29, 0.717) is 25.0 Å². The van der Waals surface area contributed by atoms with Gasteiger partial charge in [0.1, 0.15) is 6.04 Å². The smallest absolute Gasteiger partial charge is 0.242 e. The van der Waals surface area contributed by atoms with Crippen LogP contribution in [0.2, 0.25) is 0 Å².